The summed E-state index contributed by atoms with van der Waals surface area (Å²) in [6.07, 6.45) is 0. The van der Waals surface area contributed by atoms with Gasteiger partial charge in [0, 0.05) is 25.7 Å². The van der Waals surface area contributed by atoms with Crippen LogP contribution in [-0.2, 0) is 0 Å². The second kappa shape index (κ2) is 4.41. The van der Waals surface area contributed by atoms with Crippen molar-refractivity contribution in [3.05, 3.63) is 35.9 Å². The van der Waals surface area contributed by atoms with Crippen molar-refractivity contribution in [3.63, 3.8) is 0 Å². The lowest BCUT2D eigenvalue weighted by Crippen LogP contribution is -2.13. The Morgan fingerprint density at radius 2 is 1.71 bits per heavy atom. The van der Waals surface area contributed by atoms with Crippen molar-refractivity contribution in [2.45, 2.75) is 6.92 Å². The van der Waals surface area contributed by atoms with E-state index in [0.29, 0.717) is 11.8 Å². The number of hydrogen-bond donors (Lipinski definition) is 1. The summed E-state index contributed by atoms with van der Waals surface area (Å²) in [5, 5.41) is 0. The summed E-state index contributed by atoms with van der Waals surface area (Å²) < 4.78 is 0. The number of aromatic nitrogens is 2. The first-order chi connectivity index (χ1) is 8.06. The zero-order chi connectivity index (χ0) is 12.4. The maximum atomic E-state index is 5.79. The monoisotopic (exact) mass is 228 g/mol. The molecular weight excluding hydrogens is 212 g/mol. The fourth-order valence-corrected chi connectivity index (χ4v) is 1.53. The highest BCUT2D eigenvalue weighted by Gasteiger charge is 2.06. The number of nitrogens with zero attached hydrogens (tertiary/aromatic N) is 3. The first kappa shape index (κ1) is 11.4. The maximum absolute atomic E-state index is 5.79. The summed E-state index contributed by atoms with van der Waals surface area (Å²) in [5.74, 6) is 1.11. The summed E-state index contributed by atoms with van der Waals surface area (Å²) in [6.45, 7) is 2.06. The number of anilines is 2. The Morgan fingerprint density at radius 3 is 2.29 bits per heavy atom. The Kier molecular flexibility index (Phi) is 2.95. The van der Waals surface area contributed by atoms with Crippen LogP contribution in [0.15, 0.2) is 30.3 Å². The van der Waals surface area contributed by atoms with Crippen LogP contribution in [0.25, 0.3) is 11.3 Å². The van der Waals surface area contributed by atoms with Crippen molar-refractivity contribution in [1.82, 2.24) is 9.97 Å². The lowest BCUT2D eigenvalue weighted by atomic mass is 10.1. The zero-order valence-corrected chi connectivity index (χ0v) is 10.3. The predicted octanol–water partition coefficient (Wildman–Crippen LogP) is 2.10. The minimum absolute atomic E-state index is 0.485. The van der Waals surface area contributed by atoms with Gasteiger partial charge in [0.15, 0.2) is 0 Å². The predicted molar refractivity (Wildman–Crippen MR) is 70.9 cm³/mol. The molecule has 1 aromatic heterocycles. The smallest absolute Gasteiger partial charge is 0.227 e. The standard InChI is InChI=1S/C13H16N4/c1-9-4-6-10(7-5-9)11-8-12(14)16-13(15-11)17(2)3/h4-8H,1-3H3,(H2,14,15,16). The summed E-state index contributed by atoms with van der Waals surface area (Å²) in [5.41, 5.74) is 8.91. The van der Waals surface area contributed by atoms with Gasteiger partial charge in [0.1, 0.15) is 5.82 Å². The molecule has 1 heterocycles. The number of nitrogens with two attached hydrogens (primary N) is 1. The molecule has 2 rings (SSSR count). The minimum Gasteiger partial charge on any atom is -0.384 e. The van der Waals surface area contributed by atoms with Crippen molar-refractivity contribution < 1.29 is 0 Å². The van der Waals surface area contributed by atoms with Crippen LogP contribution in [0.3, 0.4) is 0 Å². The zero-order valence-electron chi connectivity index (χ0n) is 10.3. The fourth-order valence-electron chi connectivity index (χ4n) is 1.53. The SMILES string of the molecule is Cc1ccc(-c2cc(N)nc(N(C)C)n2)cc1. The topological polar surface area (TPSA) is 55.0 Å². The molecule has 88 valence electrons. The first-order valence-corrected chi connectivity index (χ1v) is 5.45. The minimum atomic E-state index is 0.485. The van der Waals surface area contributed by atoms with Crippen LogP contribution < -0.4 is 10.6 Å². The van der Waals surface area contributed by atoms with E-state index in [1.165, 1.54) is 5.56 Å². The Balaban J connectivity index is 2.48. The summed E-state index contributed by atoms with van der Waals surface area (Å²) in [7, 11) is 3.79. The van der Waals surface area contributed by atoms with Gasteiger partial charge < -0.3 is 10.6 Å². The molecule has 17 heavy (non-hydrogen) atoms. The Morgan fingerprint density at radius 1 is 1.06 bits per heavy atom. The van der Waals surface area contributed by atoms with Crippen molar-refractivity contribution in [3.8, 4) is 11.3 Å². The molecule has 0 saturated carbocycles. The van der Waals surface area contributed by atoms with E-state index in [1.54, 1.807) is 6.07 Å². The molecule has 2 N–H and O–H groups in total. The molecule has 2 aromatic rings. The third-order valence-corrected chi connectivity index (χ3v) is 2.48. The largest absolute Gasteiger partial charge is 0.384 e. The van der Waals surface area contributed by atoms with Gasteiger partial charge in [-0.05, 0) is 6.92 Å². The summed E-state index contributed by atoms with van der Waals surface area (Å²) in [6, 6.07) is 9.98. The Labute approximate surface area is 101 Å². The average Bonchev–Trinajstić information content (AvgIpc) is 2.29. The molecule has 0 amide bonds. The molecule has 0 aliphatic heterocycles. The van der Waals surface area contributed by atoms with Gasteiger partial charge >= 0.3 is 0 Å². The van der Waals surface area contributed by atoms with Crippen LogP contribution >= 0.6 is 0 Å². The van der Waals surface area contributed by atoms with Gasteiger partial charge in [0.2, 0.25) is 5.95 Å². The Bertz CT molecular complexity index is 517. The molecule has 1 aromatic carbocycles. The van der Waals surface area contributed by atoms with Crippen LogP contribution in [0.1, 0.15) is 5.56 Å². The highest BCUT2D eigenvalue weighted by atomic mass is 15.2. The van der Waals surface area contributed by atoms with E-state index in [9.17, 15) is 0 Å². The van der Waals surface area contributed by atoms with Crippen LogP contribution in [0.4, 0.5) is 11.8 Å². The third-order valence-electron chi connectivity index (χ3n) is 2.48. The molecule has 0 unspecified atom stereocenters. The van der Waals surface area contributed by atoms with Crippen LogP contribution in [0.2, 0.25) is 0 Å². The molecule has 0 saturated heterocycles. The molecule has 0 fully saturated rings. The van der Waals surface area contributed by atoms with Crippen molar-refractivity contribution in [2.75, 3.05) is 24.7 Å². The highest BCUT2D eigenvalue weighted by molar-refractivity contribution is 5.64. The molecule has 0 atom stereocenters. The van der Waals surface area contributed by atoms with Crippen LogP contribution in [-0.4, -0.2) is 24.1 Å². The van der Waals surface area contributed by atoms with E-state index in [0.717, 1.165) is 11.3 Å². The fraction of sp³-hybridized carbons (Fsp3) is 0.231. The number of nitrogen functional groups attached to an aromatic ring is 1. The molecule has 0 aliphatic carbocycles. The summed E-state index contributed by atoms with van der Waals surface area (Å²) in [4.78, 5) is 10.5. The molecule has 4 heteroatoms. The summed E-state index contributed by atoms with van der Waals surface area (Å²) >= 11 is 0. The third kappa shape index (κ3) is 2.53. The number of benzene rings is 1. The van der Waals surface area contributed by atoms with E-state index < -0.39 is 0 Å². The van der Waals surface area contributed by atoms with Gasteiger partial charge in [-0.15, -0.1) is 0 Å². The average molecular weight is 228 g/mol. The maximum Gasteiger partial charge on any atom is 0.227 e. The Hall–Kier alpha value is -2.10. The van der Waals surface area contributed by atoms with Gasteiger partial charge in [-0.3, -0.25) is 0 Å². The van der Waals surface area contributed by atoms with Gasteiger partial charge in [-0.2, -0.15) is 4.98 Å². The first-order valence-electron chi connectivity index (χ1n) is 5.45. The second-order valence-electron chi connectivity index (χ2n) is 4.24. The quantitative estimate of drug-likeness (QED) is 0.855. The molecule has 4 nitrogen and oxygen atoms in total. The van der Waals surface area contributed by atoms with E-state index in [1.807, 2.05) is 31.1 Å². The van der Waals surface area contributed by atoms with Gasteiger partial charge in [0.05, 0.1) is 5.69 Å². The number of aryl methyl sites for hydroxylation is 1. The second-order valence-corrected chi connectivity index (χ2v) is 4.24. The molecule has 0 spiro atoms. The van der Waals surface area contributed by atoms with Gasteiger partial charge in [-0.25, -0.2) is 4.98 Å². The number of hydrogen-bond acceptors (Lipinski definition) is 4. The molecular formula is C13H16N4. The molecule has 0 bridgehead atoms. The highest BCUT2D eigenvalue weighted by Crippen LogP contribution is 2.21. The van der Waals surface area contributed by atoms with Crippen molar-refractivity contribution in [1.29, 1.82) is 0 Å². The normalized spacial score (nSPS) is 10.3. The van der Waals surface area contributed by atoms with E-state index >= 15 is 0 Å². The van der Waals surface area contributed by atoms with Crippen molar-refractivity contribution in [2.24, 2.45) is 0 Å². The van der Waals surface area contributed by atoms with E-state index in [-0.39, 0.29) is 0 Å². The van der Waals surface area contributed by atoms with Crippen molar-refractivity contribution >= 4 is 11.8 Å². The van der Waals surface area contributed by atoms with E-state index in [2.05, 4.69) is 29.0 Å². The lowest BCUT2D eigenvalue weighted by molar-refractivity contribution is 1.01. The van der Waals surface area contributed by atoms with E-state index in [4.69, 9.17) is 5.73 Å². The van der Waals surface area contributed by atoms with Crippen LogP contribution in [0.5, 0.6) is 0 Å². The lowest BCUT2D eigenvalue weighted by Gasteiger charge is -2.12. The van der Waals surface area contributed by atoms with Crippen LogP contribution in [0, 0.1) is 6.92 Å². The molecule has 0 aliphatic rings. The van der Waals surface area contributed by atoms with Gasteiger partial charge in [0.25, 0.3) is 0 Å². The molecule has 0 radical (unpaired) electrons. The number of rotatable bonds is 2. The van der Waals surface area contributed by atoms with Gasteiger partial charge in [-0.1, -0.05) is 29.8 Å².